The van der Waals surface area contributed by atoms with Crippen LogP contribution in [0.4, 0.5) is 0 Å². The predicted molar refractivity (Wildman–Crippen MR) is 63.6 cm³/mol. The second-order valence-electron chi connectivity index (χ2n) is 4.84. The first kappa shape index (κ1) is 12.6. The van der Waals surface area contributed by atoms with Crippen LogP contribution in [0.15, 0.2) is 0 Å². The first-order valence-corrected chi connectivity index (χ1v) is 5.32. The molecule has 4 aliphatic heterocycles. The summed E-state index contributed by atoms with van der Waals surface area (Å²) in [6, 6.07) is 0. The van der Waals surface area contributed by atoms with Crippen LogP contribution in [0.5, 0.6) is 0 Å². The molecular weight excluding hydrogens is 219 g/mol. The lowest BCUT2D eigenvalue weighted by Crippen LogP contribution is -2.55. The molecule has 4 heteroatoms. The number of piperidine rings is 3. The molecule has 0 aromatic heterocycles. The van der Waals surface area contributed by atoms with Crippen LogP contribution in [-0.4, -0.2) is 37.6 Å². The standard InChI is InChI=1S/C10H18N2.2ClH/c1-5-12-6-2-9(1)10(8-12)3-4-11-7-10;;/h9,11H,1-8H2;2*1H. The molecule has 1 atom stereocenters. The molecule has 84 valence electrons. The molecule has 4 rings (SSSR count). The molecule has 2 bridgehead atoms. The Kier molecular flexibility index (Phi) is 4.10. The molecule has 0 aliphatic carbocycles. The van der Waals surface area contributed by atoms with E-state index in [0.717, 1.165) is 5.92 Å². The average molecular weight is 239 g/mol. The fourth-order valence-corrected chi connectivity index (χ4v) is 3.52. The molecule has 1 unspecified atom stereocenters. The van der Waals surface area contributed by atoms with Crippen molar-refractivity contribution in [2.75, 3.05) is 32.7 Å². The number of rotatable bonds is 0. The first-order valence-electron chi connectivity index (χ1n) is 5.32. The van der Waals surface area contributed by atoms with E-state index in [0.29, 0.717) is 5.41 Å². The summed E-state index contributed by atoms with van der Waals surface area (Å²) in [6.45, 7) is 6.72. The van der Waals surface area contributed by atoms with Crippen molar-refractivity contribution in [3.05, 3.63) is 0 Å². The van der Waals surface area contributed by atoms with Gasteiger partial charge in [-0.05, 0) is 50.2 Å². The zero-order chi connectivity index (χ0) is 8.02. The van der Waals surface area contributed by atoms with Gasteiger partial charge in [0.15, 0.2) is 0 Å². The summed E-state index contributed by atoms with van der Waals surface area (Å²) in [6.07, 6.45) is 4.39. The predicted octanol–water partition coefficient (Wildman–Crippen LogP) is 1.54. The van der Waals surface area contributed by atoms with Gasteiger partial charge in [-0.2, -0.15) is 0 Å². The van der Waals surface area contributed by atoms with Gasteiger partial charge < -0.3 is 10.2 Å². The maximum absolute atomic E-state index is 3.54. The average Bonchev–Trinajstić information content (AvgIpc) is 2.55. The highest BCUT2D eigenvalue weighted by Crippen LogP contribution is 2.45. The van der Waals surface area contributed by atoms with Crippen molar-refractivity contribution in [3.63, 3.8) is 0 Å². The number of halogens is 2. The second kappa shape index (κ2) is 4.56. The maximum Gasteiger partial charge on any atom is 0.00533 e. The second-order valence-corrected chi connectivity index (χ2v) is 4.84. The molecule has 2 nitrogen and oxygen atoms in total. The van der Waals surface area contributed by atoms with E-state index in [1.165, 1.54) is 52.0 Å². The van der Waals surface area contributed by atoms with Gasteiger partial charge in [-0.3, -0.25) is 0 Å². The minimum atomic E-state index is 0. The maximum atomic E-state index is 3.54. The van der Waals surface area contributed by atoms with Gasteiger partial charge in [0, 0.05) is 13.1 Å². The van der Waals surface area contributed by atoms with Gasteiger partial charge in [0.1, 0.15) is 0 Å². The van der Waals surface area contributed by atoms with Crippen LogP contribution in [0.25, 0.3) is 0 Å². The van der Waals surface area contributed by atoms with Crippen molar-refractivity contribution in [2.24, 2.45) is 11.3 Å². The Morgan fingerprint density at radius 3 is 2.29 bits per heavy atom. The minimum Gasteiger partial charge on any atom is -0.316 e. The Labute approximate surface area is 98.6 Å². The van der Waals surface area contributed by atoms with Gasteiger partial charge in [0.05, 0.1) is 0 Å². The molecule has 4 aliphatic rings. The third-order valence-corrected chi connectivity index (χ3v) is 4.27. The summed E-state index contributed by atoms with van der Waals surface area (Å²) in [4.78, 5) is 2.67. The van der Waals surface area contributed by atoms with Crippen molar-refractivity contribution in [3.8, 4) is 0 Å². The SMILES string of the molecule is C1CC2(CN1)CN1CCC2CC1.Cl.Cl. The highest BCUT2D eigenvalue weighted by molar-refractivity contribution is 5.85. The van der Waals surface area contributed by atoms with Crippen molar-refractivity contribution < 1.29 is 0 Å². The Bertz CT molecular complexity index is 185. The normalized spacial score (nSPS) is 44.6. The molecule has 0 saturated carbocycles. The van der Waals surface area contributed by atoms with E-state index < -0.39 is 0 Å². The highest BCUT2D eigenvalue weighted by Gasteiger charge is 2.47. The van der Waals surface area contributed by atoms with E-state index >= 15 is 0 Å². The molecule has 4 saturated heterocycles. The molecule has 0 amide bonds. The fourth-order valence-electron chi connectivity index (χ4n) is 3.52. The van der Waals surface area contributed by atoms with Gasteiger partial charge in [-0.1, -0.05) is 0 Å². The third-order valence-electron chi connectivity index (χ3n) is 4.27. The first-order chi connectivity index (χ1) is 5.89. The fraction of sp³-hybridized carbons (Fsp3) is 1.00. The summed E-state index contributed by atoms with van der Waals surface area (Å²) in [5.74, 6) is 1.05. The lowest BCUT2D eigenvalue weighted by Gasteiger charge is -2.51. The topological polar surface area (TPSA) is 15.3 Å². The molecule has 4 fully saturated rings. The number of hydrogen-bond donors (Lipinski definition) is 1. The van der Waals surface area contributed by atoms with Crippen LogP contribution in [0.3, 0.4) is 0 Å². The van der Waals surface area contributed by atoms with Crippen LogP contribution in [-0.2, 0) is 0 Å². The van der Waals surface area contributed by atoms with Crippen LogP contribution >= 0.6 is 24.8 Å². The highest BCUT2D eigenvalue weighted by atomic mass is 35.5. The smallest absolute Gasteiger partial charge is 0.00533 e. The number of fused-ring (bicyclic) bond motifs is 2. The Morgan fingerprint density at radius 1 is 1.14 bits per heavy atom. The Morgan fingerprint density at radius 2 is 1.86 bits per heavy atom. The molecule has 0 radical (unpaired) electrons. The monoisotopic (exact) mass is 238 g/mol. The zero-order valence-corrected chi connectivity index (χ0v) is 10.1. The van der Waals surface area contributed by atoms with E-state index in [4.69, 9.17) is 0 Å². The van der Waals surface area contributed by atoms with Crippen molar-refractivity contribution in [2.45, 2.75) is 19.3 Å². The van der Waals surface area contributed by atoms with E-state index in [2.05, 4.69) is 10.2 Å². The zero-order valence-electron chi connectivity index (χ0n) is 8.50. The van der Waals surface area contributed by atoms with Gasteiger partial charge in [-0.15, -0.1) is 24.8 Å². The molecular formula is C10H20Cl2N2. The van der Waals surface area contributed by atoms with Gasteiger partial charge in [0.2, 0.25) is 0 Å². The summed E-state index contributed by atoms with van der Waals surface area (Å²) >= 11 is 0. The van der Waals surface area contributed by atoms with Crippen molar-refractivity contribution in [1.82, 2.24) is 10.2 Å². The van der Waals surface area contributed by atoms with Crippen LogP contribution in [0.1, 0.15) is 19.3 Å². The van der Waals surface area contributed by atoms with E-state index in [9.17, 15) is 0 Å². The number of nitrogens with one attached hydrogen (secondary N) is 1. The number of nitrogens with zero attached hydrogens (tertiary/aromatic N) is 1. The molecule has 1 spiro atoms. The molecule has 4 heterocycles. The van der Waals surface area contributed by atoms with Crippen LogP contribution < -0.4 is 5.32 Å². The lowest BCUT2D eigenvalue weighted by atomic mass is 9.66. The molecule has 0 aromatic carbocycles. The Balaban J connectivity index is 0.000000490. The number of hydrogen-bond acceptors (Lipinski definition) is 2. The Hall–Kier alpha value is 0.500. The van der Waals surface area contributed by atoms with Crippen molar-refractivity contribution in [1.29, 1.82) is 0 Å². The largest absolute Gasteiger partial charge is 0.316 e. The summed E-state index contributed by atoms with van der Waals surface area (Å²) in [5.41, 5.74) is 0.705. The third kappa shape index (κ3) is 1.78. The minimum absolute atomic E-state index is 0. The van der Waals surface area contributed by atoms with E-state index in [1.54, 1.807) is 0 Å². The lowest BCUT2D eigenvalue weighted by molar-refractivity contribution is -0.0156. The van der Waals surface area contributed by atoms with Crippen molar-refractivity contribution >= 4 is 24.8 Å². The quantitative estimate of drug-likeness (QED) is 0.689. The van der Waals surface area contributed by atoms with Gasteiger partial charge >= 0.3 is 0 Å². The van der Waals surface area contributed by atoms with E-state index in [1.807, 2.05) is 0 Å². The van der Waals surface area contributed by atoms with Crippen LogP contribution in [0.2, 0.25) is 0 Å². The molecule has 14 heavy (non-hydrogen) atoms. The van der Waals surface area contributed by atoms with Gasteiger partial charge in [-0.25, -0.2) is 0 Å². The molecule has 0 aromatic rings. The van der Waals surface area contributed by atoms with Gasteiger partial charge in [0.25, 0.3) is 0 Å². The summed E-state index contributed by atoms with van der Waals surface area (Å²) < 4.78 is 0. The van der Waals surface area contributed by atoms with Crippen LogP contribution in [0, 0.1) is 11.3 Å². The van der Waals surface area contributed by atoms with E-state index in [-0.39, 0.29) is 24.8 Å². The molecule has 1 N–H and O–H groups in total. The summed E-state index contributed by atoms with van der Waals surface area (Å²) in [5, 5.41) is 3.54. The summed E-state index contributed by atoms with van der Waals surface area (Å²) in [7, 11) is 0.